The fraction of sp³-hybridized carbons (Fsp3) is 0.400. The normalized spacial score (nSPS) is 19.7. The molecule has 1 unspecified atom stereocenters. The predicted octanol–water partition coefficient (Wildman–Crippen LogP) is 3.26. The number of halogens is 1. The summed E-state index contributed by atoms with van der Waals surface area (Å²) in [7, 11) is 0. The second kappa shape index (κ2) is 7.22. The molecule has 0 saturated heterocycles. The number of carbonyl (C=O) groups is 2. The number of hydrogen-bond donors (Lipinski definition) is 2. The standard InChI is InChI=1S/C15H17ClN2O3/c16-10-4-6-11(7-5-10)17-15(20)9-8-14(19)12-2-1-3-13(12)18-21/h4-7,12,21H,1-3,8-9H2,(H,17,20). The number of ketones is 1. The van der Waals surface area contributed by atoms with Gasteiger partial charge in [-0.05, 0) is 43.5 Å². The van der Waals surface area contributed by atoms with E-state index < -0.39 is 0 Å². The maximum atomic E-state index is 12.0. The highest BCUT2D eigenvalue weighted by atomic mass is 35.5. The zero-order valence-corrected chi connectivity index (χ0v) is 12.3. The lowest BCUT2D eigenvalue weighted by molar-refractivity contribution is -0.124. The van der Waals surface area contributed by atoms with Gasteiger partial charge in [-0.3, -0.25) is 9.59 Å². The van der Waals surface area contributed by atoms with Crippen molar-refractivity contribution in [2.24, 2.45) is 11.1 Å². The van der Waals surface area contributed by atoms with Gasteiger partial charge in [-0.1, -0.05) is 16.8 Å². The molecule has 5 nitrogen and oxygen atoms in total. The lowest BCUT2D eigenvalue weighted by Gasteiger charge is -2.09. The molecule has 2 N–H and O–H groups in total. The van der Waals surface area contributed by atoms with E-state index in [2.05, 4.69) is 10.5 Å². The molecule has 1 fully saturated rings. The molecule has 0 aliphatic heterocycles. The van der Waals surface area contributed by atoms with E-state index in [4.69, 9.17) is 16.8 Å². The lowest BCUT2D eigenvalue weighted by atomic mass is 9.97. The minimum atomic E-state index is -0.321. The van der Waals surface area contributed by atoms with E-state index in [0.717, 1.165) is 6.42 Å². The Bertz CT molecular complexity index is 555. The maximum absolute atomic E-state index is 12.0. The zero-order valence-electron chi connectivity index (χ0n) is 11.5. The number of Topliss-reactive ketones (excluding diaryl/α,β-unsaturated/α-hetero) is 1. The van der Waals surface area contributed by atoms with Crippen molar-refractivity contribution in [2.75, 3.05) is 5.32 Å². The summed E-state index contributed by atoms with van der Waals surface area (Å²) in [6.45, 7) is 0. The molecule has 1 aliphatic rings. The van der Waals surface area contributed by atoms with Crippen molar-refractivity contribution >= 4 is 34.7 Å². The molecular formula is C15H17ClN2O3. The largest absolute Gasteiger partial charge is 0.411 e. The summed E-state index contributed by atoms with van der Waals surface area (Å²) < 4.78 is 0. The number of oxime groups is 1. The summed E-state index contributed by atoms with van der Waals surface area (Å²) in [5.41, 5.74) is 1.19. The number of nitrogens with zero attached hydrogens (tertiary/aromatic N) is 1. The number of hydrogen-bond acceptors (Lipinski definition) is 4. The number of carbonyl (C=O) groups excluding carboxylic acids is 2. The van der Waals surface area contributed by atoms with Gasteiger partial charge in [0.2, 0.25) is 5.91 Å². The molecule has 6 heteroatoms. The molecule has 112 valence electrons. The fourth-order valence-corrected chi connectivity index (χ4v) is 2.59. The molecular weight excluding hydrogens is 292 g/mol. The highest BCUT2D eigenvalue weighted by molar-refractivity contribution is 6.30. The SMILES string of the molecule is O=C(CCC(=O)C1CCCC1=NO)Nc1ccc(Cl)cc1. The Balaban J connectivity index is 1.81. The highest BCUT2D eigenvalue weighted by Gasteiger charge is 2.29. The number of rotatable bonds is 5. The van der Waals surface area contributed by atoms with Gasteiger partial charge in [0.05, 0.1) is 11.6 Å². The molecule has 0 heterocycles. The van der Waals surface area contributed by atoms with Crippen LogP contribution in [0.4, 0.5) is 5.69 Å². The molecule has 0 radical (unpaired) electrons. The minimum Gasteiger partial charge on any atom is -0.411 e. The number of anilines is 1. The van der Waals surface area contributed by atoms with E-state index in [1.54, 1.807) is 24.3 Å². The number of benzene rings is 1. The van der Waals surface area contributed by atoms with Crippen LogP contribution in [-0.2, 0) is 9.59 Å². The van der Waals surface area contributed by atoms with Gasteiger partial charge in [0.1, 0.15) is 5.78 Å². The second-order valence-electron chi connectivity index (χ2n) is 5.06. The third-order valence-corrected chi connectivity index (χ3v) is 3.82. The minimum absolute atomic E-state index is 0.0356. The van der Waals surface area contributed by atoms with E-state index in [-0.39, 0.29) is 30.4 Å². The third kappa shape index (κ3) is 4.29. The number of amides is 1. The third-order valence-electron chi connectivity index (χ3n) is 3.57. The Labute approximate surface area is 128 Å². The highest BCUT2D eigenvalue weighted by Crippen LogP contribution is 2.25. The molecule has 21 heavy (non-hydrogen) atoms. The van der Waals surface area contributed by atoms with Crippen molar-refractivity contribution in [1.29, 1.82) is 0 Å². The van der Waals surface area contributed by atoms with E-state index in [9.17, 15) is 9.59 Å². The molecule has 1 amide bonds. The van der Waals surface area contributed by atoms with Crippen molar-refractivity contribution < 1.29 is 14.8 Å². The molecule has 0 bridgehead atoms. The maximum Gasteiger partial charge on any atom is 0.224 e. The first-order valence-corrected chi connectivity index (χ1v) is 7.27. The van der Waals surface area contributed by atoms with Gasteiger partial charge in [-0.25, -0.2) is 0 Å². The Kier molecular flexibility index (Phi) is 5.33. The Hall–Kier alpha value is -1.88. The van der Waals surface area contributed by atoms with Gasteiger partial charge in [0.15, 0.2) is 0 Å². The molecule has 0 aromatic heterocycles. The van der Waals surface area contributed by atoms with Crippen LogP contribution in [0.2, 0.25) is 5.02 Å². The number of nitrogens with one attached hydrogen (secondary N) is 1. The average Bonchev–Trinajstić information content (AvgIpc) is 2.96. The van der Waals surface area contributed by atoms with Crippen molar-refractivity contribution in [1.82, 2.24) is 0 Å². The Morgan fingerprint density at radius 2 is 2.00 bits per heavy atom. The van der Waals surface area contributed by atoms with Crippen molar-refractivity contribution in [2.45, 2.75) is 32.1 Å². The van der Waals surface area contributed by atoms with Gasteiger partial charge in [0, 0.05) is 23.6 Å². The molecule has 0 spiro atoms. The molecule has 1 aromatic rings. The fourth-order valence-electron chi connectivity index (χ4n) is 2.46. The molecule has 2 rings (SSSR count). The van der Waals surface area contributed by atoms with Crippen LogP contribution in [0, 0.1) is 5.92 Å². The van der Waals surface area contributed by atoms with Gasteiger partial charge < -0.3 is 10.5 Å². The van der Waals surface area contributed by atoms with Gasteiger partial charge in [-0.2, -0.15) is 0 Å². The van der Waals surface area contributed by atoms with Crippen molar-refractivity contribution in [3.8, 4) is 0 Å². The molecule has 1 aromatic carbocycles. The van der Waals surface area contributed by atoms with Crippen LogP contribution in [0.3, 0.4) is 0 Å². The van der Waals surface area contributed by atoms with Crippen LogP contribution in [0.5, 0.6) is 0 Å². The van der Waals surface area contributed by atoms with Crippen LogP contribution < -0.4 is 5.32 Å². The van der Waals surface area contributed by atoms with E-state index >= 15 is 0 Å². The monoisotopic (exact) mass is 308 g/mol. The van der Waals surface area contributed by atoms with Crippen LogP contribution in [0.25, 0.3) is 0 Å². The molecule has 1 atom stereocenters. The first-order chi connectivity index (χ1) is 10.1. The quantitative estimate of drug-likeness (QED) is 0.647. The van der Waals surface area contributed by atoms with Gasteiger partial charge in [0.25, 0.3) is 0 Å². The average molecular weight is 309 g/mol. The topological polar surface area (TPSA) is 78.8 Å². The summed E-state index contributed by atoms with van der Waals surface area (Å²) in [4.78, 5) is 23.8. The second-order valence-corrected chi connectivity index (χ2v) is 5.49. The first-order valence-electron chi connectivity index (χ1n) is 6.89. The zero-order chi connectivity index (χ0) is 15.2. The van der Waals surface area contributed by atoms with Crippen molar-refractivity contribution in [3.63, 3.8) is 0 Å². The van der Waals surface area contributed by atoms with Gasteiger partial charge >= 0.3 is 0 Å². The van der Waals surface area contributed by atoms with Crippen molar-refractivity contribution in [3.05, 3.63) is 29.3 Å². The van der Waals surface area contributed by atoms with Crippen LogP contribution in [0.1, 0.15) is 32.1 Å². The van der Waals surface area contributed by atoms with Crippen LogP contribution >= 0.6 is 11.6 Å². The summed E-state index contributed by atoms with van der Waals surface area (Å²) in [5.74, 6) is -0.573. The molecule has 1 saturated carbocycles. The lowest BCUT2D eigenvalue weighted by Crippen LogP contribution is -2.21. The summed E-state index contributed by atoms with van der Waals surface area (Å²) in [6.07, 6.45) is 2.49. The predicted molar refractivity (Wildman–Crippen MR) is 80.9 cm³/mol. The van der Waals surface area contributed by atoms with E-state index in [1.807, 2.05) is 0 Å². The summed E-state index contributed by atoms with van der Waals surface area (Å²) in [5, 5.41) is 15.3. The van der Waals surface area contributed by atoms with Crippen LogP contribution in [0.15, 0.2) is 29.4 Å². The van der Waals surface area contributed by atoms with Gasteiger partial charge in [-0.15, -0.1) is 0 Å². The summed E-state index contributed by atoms with van der Waals surface area (Å²) >= 11 is 5.76. The Morgan fingerprint density at radius 1 is 1.29 bits per heavy atom. The van der Waals surface area contributed by atoms with Crippen LogP contribution in [-0.4, -0.2) is 22.6 Å². The smallest absolute Gasteiger partial charge is 0.224 e. The Morgan fingerprint density at radius 3 is 2.67 bits per heavy atom. The molecule has 1 aliphatic carbocycles. The first kappa shape index (κ1) is 15.5. The summed E-state index contributed by atoms with van der Waals surface area (Å²) in [6, 6.07) is 6.78. The van der Waals surface area contributed by atoms with E-state index in [1.165, 1.54) is 0 Å². The van der Waals surface area contributed by atoms with E-state index in [0.29, 0.717) is 29.3 Å².